The number of aldehydes is 1. The first-order chi connectivity index (χ1) is 22.0. The van der Waals surface area contributed by atoms with E-state index in [1.807, 2.05) is 57.2 Å². The third kappa shape index (κ3) is 7.77. The quantitative estimate of drug-likeness (QED) is 0.212. The van der Waals surface area contributed by atoms with E-state index in [1.54, 1.807) is 7.11 Å². The van der Waals surface area contributed by atoms with Crippen molar-refractivity contribution in [2.24, 2.45) is 0 Å². The SMILES string of the molecule is CN1CCCC(NC(=O)OC(C)(C)C)C1.COc1ccc(Cn2c(C3Nc4cc(C=O)ccc4N3C)cc3ccccc32)cc1Cl. The molecule has 3 aromatic carbocycles. The third-order valence-corrected chi connectivity index (χ3v) is 8.54. The number of likely N-dealkylation sites (tertiary alicyclic amines) is 1. The highest BCUT2D eigenvalue weighted by Gasteiger charge is 2.30. The summed E-state index contributed by atoms with van der Waals surface area (Å²) in [6, 6.07) is 22.5. The topological polar surface area (TPSA) is 88.1 Å². The van der Waals surface area contributed by atoms with Gasteiger partial charge in [0.05, 0.1) is 29.2 Å². The van der Waals surface area contributed by atoms with Crippen LogP contribution in [0.2, 0.25) is 5.02 Å². The number of piperidine rings is 1. The number of nitrogens with one attached hydrogen (secondary N) is 2. The van der Waals surface area contributed by atoms with Crippen molar-refractivity contribution >= 4 is 46.3 Å². The molecule has 2 N–H and O–H groups in total. The van der Waals surface area contributed by atoms with E-state index in [0.717, 1.165) is 60.4 Å². The minimum Gasteiger partial charge on any atom is -0.495 e. The van der Waals surface area contributed by atoms with Crippen molar-refractivity contribution in [1.29, 1.82) is 0 Å². The van der Waals surface area contributed by atoms with Gasteiger partial charge in [0, 0.05) is 42.6 Å². The zero-order valence-corrected chi connectivity index (χ0v) is 28.2. The van der Waals surface area contributed by atoms with E-state index >= 15 is 0 Å². The molecule has 244 valence electrons. The molecule has 2 atom stereocenters. The van der Waals surface area contributed by atoms with E-state index < -0.39 is 5.60 Å². The van der Waals surface area contributed by atoms with Crippen LogP contribution in [0.1, 0.15) is 61.4 Å². The molecule has 6 rings (SSSR count). The van der Waals surface area contributed by atoms with Gasteiger partial charge >= 0.3 is 6.09 Å². The smallest absolute Gasteiger partial charge is 0.407 e. The van der Waals surface area contributed by atoms with Crippen LogP contribution >= 0.6 is 11.6 Å². The number of hydrogen-bond acceptors (Lipinski definition) is 7. The largest absolute Gasteiger partial charge is 0.495 e. The molecule has 46 heavy (non-hydrogen) atoms. The summed E-state index contributed by atoms with van der Waals surface area (Å²) in [6.07, 6.45) is 2.70. The fraction of sp³-hybridized carbons (Fsp3) is 0.389. The summed E-state index contributed by atoms with van der Waals surface area (Å²) in [6.45, 7) is 8.33. The summed E-state index contributed by atoms with van der Waals surface area (Å²) in [5, 5.41) is 8.27. The molecule has 2 unspecified atom stereocenters. The highest BCUT2D eigenvalue weighted by atomic mass is 35.5. The number of aromatic nitrogens is 1. The number of carbonyl (C=O) groups is 2. The molecule has 9 nitrogen and oxygen atoms in total. The van der Waals surface area contributed by atoms with E-state index in [9.17, 15) is 9.59 Å². The van der Waals surface area contributed by atoms with Gasteiger partial charge in [-0.1, -0.05) is 35.9 Å². The summed E-state index contributed by atoms with van der Waals surface area (Å²) in [5.41, 5.74) is 5.67. The number of amides is 1. The molecule has 2 aliphatic rings. The molecule has 1 amide bonds. The van der Waals surface area contributed by atoms with Crippen LogP contribution in [-0.4, -0.2) is 67.8 Å². The monoisotopic (exact) mass is 645 g/mol. The van der Waals surface area contributed by atoms with Crippen molar-refractivity contribution in [2.45, 2.75) is 58.0 Å². The number of benzene rings is 3. The molecule has 3 heterocycles. The first-order valence-corrected chi connectivity index (χ1v) is 16.0. The molecule has 0 spiro atoms. The second kappa shape index (κ2) is 14.1. The Hall–Kier alpha value is -4.21. The van der Waals surface area contributed by atoms with Crippen LogP contribution in [0.5, 0.6) is 5.75 Å². The van der Waals surface area contributed by atoms with E-state index in [4.69, 9.17) is 21.1 Å². The summed E-state index contributed by atoms with van der Waals surface area (Å²) in [5.74, 6) is 0.668. The van der Waals surface area contributed by atoms with Gasteiger partial charge < -0.3 is 34.5 Å². The Morgan fingerprint density at radius 3 is 2.57 bits per heavy atom. The predicted octanol–water partition coefficient (Wildman–Crippen LogP) is 7.33. The minimum absolute atomic E-state index is 0.0574. The minimum atomic E-state index is -0.412. The predicted molar refractivity (Wildman–Crippen MR) is 186 cm³/mol. The number of likely N-dealkylation sites (N-methyl/N-ethyl adjacent to an activating group) is 1. The lowest BCUT2D eigenvalue weighted by atomic mass is 10.1. The fourth-order valence-corrected chi connectivity index (χ4v) is 6.37. The molecule has 2 aliphatic heterocycles. The Morgan fingerprint density at radius 2 is 1.87 bits per heavy atom. The van der Waals surface area contributed by atoms with Crippen molar-refractivity contribution in [3.63, 3.8) is 0 Å². The van der Waals surface area contributed by atoms with Crippen molar-refractivity contribution in [2.75, 3.05) is 44.5 Å². The van der Waals surface area contributed by atoms with Crippen LogP contribution < -0.4 is 20.3 Å². The molecule has 10 heteroatoms. The lowest BCUT2D eigenvalue weighted by Crippen LogP contribution is -2.47. The Balaban J connectivity index is 0.000000235. The summed E-state index contributed by atoms with van der Waals surface area (Å²) in [4.78, 5) is 27.1. The second-order valence-electron chi connectivity index (χ2n) is 13.0. The Morgan fingerprint density at radius 1 is 1.09 bits per heavy atom. The average molecular weight is 646 g/mol. The number of hydrogen-bond donors (Lipinski definition) is 2. The van der Waals surface area contributed by atoms with Gasteiger partial charge in [0.15, 0.2) is 0 Å². The second-order valence-corrected chi connectivity index (χ2v) is 13.4. The maximum absolute atomic E-state index is 11.5. The van der Waals surface area contributed by atoms with E-state index in [0.29, 0.717) is 22.9 Å². The molecule has 4 aromatic rings. The van der Waals surface area contributed by atoms with Gasteiger partial charge in [-0.05, 0) is 95.2 Å². The van der Waals surface area contributed by atoms with Gasteiger partial charge in [0.25, 0.3) is 0 Å². The van der Waals surface area contributed by atoms with Crippen LogP contribution in [0.3, 0.4) is 0 Å². The number of carbonyl (C=O) groups excluding carboxylic acids is 2. The normalized spacial score (nSPS) is 17.8. The lowest BCUT2D eigenvalue weighted by Gasteiger charge is -2.31. The van der Waals surface area contributed by atoms with Gasteiger partial charge in [-0.15, -0.1) is 0 Å². The standard InChI is InChI=1S/C25H22ClN3O2.C11H22N2O2/c1-28-22-9-7-17(15-30)12-20(22)27-25(28)23-13-18-5-3-4-6-21(18)29(23)14-16-8-10-24(31-2)19(26)11-16;1-11(2,3)15-10(14)12-9-6-5-7-13(4)8-9/h3-13,15,25,27H,14H2,1-2H3;9H,5-8H2,1-4H3,(H,12,14). The number of fused-ring (bicyclic) bond motifs is 2. The Kier molecular flexibility index (Phi) is 10.1. The Bertz CT molecular complexity index is 1700. The van der Waals surface area contributed by atoms with E-state index in [-0.39, 0.29) is 18.3 Å². The first-order valence-electron chi connectivity index (χ1n) is 15.6. The van der Waals surface area contributed by atoms with Crippen molar-refractivity contribution in [3.05, 3.63) is 88.6 Å². The summed E-state index contributed by atoms with van der Waals surface area (Å²) < 4.78 is 12.8. The maximum Gasteiger partial charge on any atom is 0.407 e. The van der Waals surface area contributed by atoms with Crippen LogP contribution in [0, 0.1) is 0 Å². The van der Waals surface area contributed by atoms with Crippen LogP contribution in [-0.2, 0) is 11.3 Å². The van der Waals surface area contributed by atoms with Crippen LogP contribution in [0.25, 0.3) is 10.9 Å². The van der Waals surface area contributed by atoms with Gasteiger partial charge in [-0.3, -0.25) is 4.79 Å². The van der Waals surface area contributed by atoms with Gasteiger partial charge in [0.1, 0.15) is 23.8 Å². The summed E-state index contributed by atoms with van der Waals surface area (Å²) in [7, 11) is 5.76. The molecule has 1 aromatic heterocycles. The van der Waals surface area contributed by atoms with Gasteiger partial charge in [-0.2, -0.15) is 0 Å². The number of nitrogens with zero attached hydrogens (tertiary/aromatic N) is 3. The molecule has 0 saturated carbocycles. The molecular formula is C36H44ClN5O4. The highest BCUT2D eigenvalue weighted by Crippen LogP contribution is 2.42. The zero-order valence-electron chi connectivity index (χ0n) is 27.5. The Labute approximate surface area is 276 Å². The molecular weight excluding hydrogens is 602 g/mol. The van der Waals surface area contributed by atoms with Gasteiger partial charge in [-0.25, -0.2) is 4.79 Å². The molecule has 1 fully saturated rings. The fourth-order valence-electron chi connectivity index (χ4n) is 6.09. The number of para-hydroxylation sites is 1. The molecule has 1 saturated heterocycles. The lowest BCUT2D eigenvalue weighted by molar-refractivity contribution is 0.0479. The van der Waals surface area contributed by atoms with Crippen molar-refractivity contribution in [1.82, 2.24) is 14.8 Å². The molecule has 0 bridgehead atoms. The van der Waals surface area contributed by atoms with Gasteiger partial charge in [0.2, 0.25) is 0 Å². The van der Waals surface area contributed by atoms with Crippen LogP contribution in [0.4, 0.5) is 16.2 Å². The maximum atomic E-state index is 11.5. The van der Waals surface area contributed by atoms with Crippen molar-refractivity contribution in [3.8, 4) is 5.75 Å². The van der Waals surface area contributed by atoms with E-state index in [2.05, 4.69) is 69.4 Å². The molecule has 0 aliphatic carbocycles. The van der Waals surface area contributed by atoms with Crippen LogP contribution in [0.15, 0.2) is 66.7 Å². The van der Waals surface area contributed by atoms with Crippen molar-refractivity contribution < 1.29 is 19.1 Å². The summed E-state index contributed by atoms with van der Waals surface area (Å²) >= 11 is 6.38. The number of anilines is 2. The number of alkyl carbamates (subject to hydrolysis) is 1. The zero-order chi connectivity index (χ0) is 33.0. The number of ether oxygens (including phenoxy) is 2. The third-order valence-electron chi connectivity index (χ3n) is 8.24. The number of halogens is 1. The highest BCUT2D eigenvalue weighted by molar-refractivity contribution is 6.32. The average Bonchev–Trinajstić information content (AvgIpc) is 3.53. The first kappa shape index (κ1) is 33.2. The number of rotatable bonds is 6. The molecule has 0 radical (unpaired) electrons. The number of methoxy groups -OCH3 is 1. The van der Waals surface area contributed by atoms with E-state index in [1.165, 1.54) is 5.39 Å².